The lowest BCUT2D eigenvalue weighted by Crippen LogP contribution is -2.31. The van der Waals surface area contributed by atoms with Crippen LogP contribution < -0.4 is 11.2 Å². The Morgan fingerprint density at radius 1 is 1.13 bits per heavy atom. The molecule has 0 unspecified atom stereocenters. The molecule has 0 saturated carbocycles. The Kier molecular flexibility index (Phi) is 3.31. The van der Waals surface area contributed by atoms with Crippen molar-refractivity contribution in [1.82, 2.24) is 19.9 Å². The zero-order chi connectivity index (χ0) is 15.8. The van der Waals surface area contributed by atoms with E-state index in [0.29, 0.717) is 11.0 Å². The number of nitrogens with zero attached hydrogens (tertiary/aromatic N) is 2. The third-order valence-electron chi connectivity index (χ3n) is 4.20. The number of pyridine rings is 1. The zero-order valence-electron chi connectivity index (χ0n) is 12.5. The van der Waals surface area contributed by atoms with Crippen molar-refractivity contribution in [2.45, 2.75) is 19.5 Å². The molecule has 4 rings (SSSR count). The van der Waals surface area contributed by atoms with Crippen LogP contribution in [0.15, 0.2) is 46.0 Å². The van der Waals surface area contributed by atoms with Crippen LogP contribution >= 0.6 is 0 Å². The van der Waals surface area contributed by atoms with Crippen molar-refractivity contribution in [1.29, 1.82) is 0 Å². The molecule has 0 fully saturated rings. The van der Waals surface area contributed by atoms with Crippen LogP contribution in [0.1, 0.15) is 16.8 Å². The lowest BCUT2D eigenvalue weighted by Gasteiger charge is -2.28. The first kappa shape index (κ1) is 13.9. The Morgan fingerprint density at radius 2 is 1.96 bits per heavy atom. The van der Waals surface area contributed by atoms with E-state index in [-0.39, 0.29) is 5.56 Å². The minimum absolute atomic E-state index is 0.369. The Balaban J connectivity index is 1.68. The Bertz CT molecular complexity index is 975. The standard InChI is InChI=1S/C17H16N4O2/c22-16-13-8-12-10-21(9-11-4-2-1-3-5-11)7-6-14(12)18-15(13)19-17(23)20-16/h1-5,8H,6-7,9-10H2,(H2,18,19,20,22,23). The van der Waals surface area contributed by atoms with E-state index in [1.807, 2.05) is 24.3 Å². The average Bonchev–Trinajstić information content (AvgIpc) is 2.54. The molecule has 3 aromatic rings. The molecular formula is C17H16N4O2. The lowest BCUT2D eigenvalue weighted by molar-refractivity contribution is 0.244. The number of fused-ring (bicyclic) bond motifs is 2. The van der Waals surface area contributed by atoms with E-state index < -0.39 is 5.69 Å². The van der Waals surface area contributed by atoms with Gasteiger partial charge in [0.25, 0.3) is 5.56 Å². The average molecular weight is 308 g/mol. The van der Waals surface area contributed by atoms with Gasteiger partial charge in [-0.2, -0.15) is 0 Å². The number of H-pyrrole nitrogens is 2. The Morgan fingerprint density at radius 3 is 2.78 bits per heavy atom. The fraction of sp³-hybridized carbons (Fsp3) is 0.235. The molecule has 2 N–H and O–H groups in total. The quantitative estimate of drug-likeness (QED) is 0.744. The van der Waals surface area contributed by atoms with Gasteiger partial charge in [0.15, 0.2) is 0 Å². The summed E-state index contributed by atoms with van der Waals surface area (Å²) in [5.74, 6) is 0. The molecule has 1 aliphatic rings. The van der Waals surface area contributed by atoms with Gasteiger partial charge in [-0.1, -0.05) is 30.3 Å². The number of benzene rings is 1. The zero-order valence-corrected chi connectivity index (χ0v) is 12.5. The number of rotatable bonds is 2. The third-order valence-corrected chi connectivity index (χ3v) is 4.20. The number of hydrogen-bond donors (Lipinski definition) is 2. The molecule has 6 nitrogen and oxygen atoms in total. The molecule has 0 radical (unpaired) electrons. The normalized spacial score (nSPS) is 14.8. The Hall–Kier alpha value is -2.73. The van der Waals surface area contributed by atoms with Gasteiger partial charge in [-0.3, -0.25) is 19.7 Å². The summed E-state index contributed by atoms with van der Waals surface area (Å²) in [6.07, 6.45) is 0.812. The van der Waals surface area contributed by atoms with Gasteiger partial charge in [-0.15, -0.1) is 0 Å². The number of hydrogen-bond acceptors (Lipinski definition) is 4. The van der Waals surface area contributed by atoms with Gasteiger partial charge in [-0.05, 0) is 17.2 Å². The first-order valence-corrected chi connectivity index (χ1v) is 7.60. The highest BCUT2D eigenvalue weighted by Gasteiger charge is 2.19. The van der Waals surface area contributed by atoms with E-state index in [0.717, 1.165) is 37.3 Å². The molecule has 0 spiro atoms. The Labute approximate surface area is 131 Å². The molecule has 0 saturated heterocycles. The molecule has 2 aromatic heterocycles. The SMILES string of the molecule is O=c1[nH]c(=O)c2cc3c(nc2[nH]1)CCN(Cc1ccccc1)C3. The van der Waals surface area contributed by atoms with Gasteiger partial charge < -0.3 is 0 Å². The molecule has 23 heavy (non-hydrogen) atoms. The van der Waals surface area contributed by atoms with Crippen molar-refractivity contribution in [3.63, 3.8) is 0 Å². The molecule has 116 valence electrons. The molecule has 1 aliphatic heterocycles. The summed E-state index contributed by atoms with van der Waals surface area (Å²) in [6, 6.07) is 12.2. The maximum atomic E-state index is 11.9. The second-order valence-electron chi connectivity index (χ2n) is 5.84. The van der Waals surface area contributed by atoms with Crippen LogP contribution in [-0.4, -0.2) is 26.4 Å². The maximum Gasteiger partial charge on any atom is 0.327 e. The second-order valence-corrected chi connectivity index (χ2v) is 5.84. The largest absolute Gasteiger partial charge is 0.327 e. The molecular weight excluding hydrogens is 292 g/mol. The van der Waals surface area contributed by atoms with Crippen molar-refractivity contribution >= 4 is 11.0 Å². The van der Waals surface area contributed by atoms with Crippen LogP contribution in [0.2, 0.25) is 0 Å². The molecule has 3 heterocycles. The summed E-state index contributed by atoms with van der Waals surface area (Å²) in [5, 5.41) is 0.435. The predicted octanol–water partition coefficient (Wildman–Crippen LogP) is 1.17. The molecule has 0 atom stereocenters. The molecule has 0 bridgehead atoms. The van der Waals surface area contributed by atoms with Crippen LogP contribution in [0.5, 0.6) is 0 Å². The fourth-order valence-electron chi connectivity index (χ4n) is 3.08. The van der Waals surface area contributed by atoms with Crippen molar-refractivity contribution in [3.8, 4) is 0 Å². The topological polar surface area (TPSA) is 81.8 Å². The van der Waals surface area contributed by atoms with Crippen LogP contribution in [-0.2, 0) is 19.5 Å². The minimum Gasteiger partial charge on any atom is -0.294 e. The van der Waals surface area contributed by atoms with E-state index in [2.05, 4.69) is 32.0 Å². The smallest absolute Gasteiger partial charge is 0.294 e. The molecule has 6 heteroatoms. The highest BCUT2D eigenvalue weighted by Crippen LogP contribution is 2.21. The van der Waals surface area contributed by atoms with E-state index in [4.69, 9.17) is 0 Å². The number of nitrogens with one attached hydrogen (secondary N) is 2. The monoisotopic (exact) mass is 308 g/mol. The summed E-state index contributed by atoms with van der Waals surface area (Å²) in [7, 11) is 0. The van der Waals surface area contributed by atoms with Crippen LogP contribution in [0.25, 0.3) is 11.0 Å². The highest BCUT2D eigenvalue weighted by molar-refractivity contribution is 5.74. The van der Waals surface area contributed by atoms with Gasteiger partial charge in [0.2, 0.25) is 0 Å². The molecule has 0 amide bonds. The first-order valence-electron chi connectivity index (χ1n) is 7.60. The van der Waals surface area contributed by atoms with E-state index >= 15 is 0 Å². The molecule has 0 aliphatic carbocycles. The first-order chi connectivity index (χ1) is 11.2. The van der Waals surface area contributed by atoms with Gasteiger partial charge in [0.1, 0.15) is 5.65 Å². The minimum atomic E-state index is -0.517. The number of aromatic amines is 2. The lowest BCUT2D eigenvalue weighted by atomic mass is 10.0. The fourth-order valence-corrected chi connectivity index (χ4v) is 3.08. The van der Waals surface area contributed by atoms with Gasteiger partial charge >= 0.3 is 5.69 Å². The van der Waals surface area contributed by atoms with Crippen molar-refractivity contribution < 1.29 is 0 Å². The van der Waals surface area contributed by atoms with Gasteiger partial charge in [0.05, 0.1) is 5.39 Å². The van der Waals surface area contributed by atoms with Crippen LogP contribution in [0.3, 0.4) is 0 Å². The summed E-state index contributed by atoms with van der Waals surface area (Å²) in [4.78, 5) is 35.0. The van der Waals surface area contributed by atoms with Crippen molar-refractivity contribution in [3.05, 3.63) is 74.1 Å². The van der Waals surface area contributed by atoms with Gasteiger partial charge in [0, 0.05) is 31.7 Å². The van der Waals surface area contributed by atoms with E-state index in [1.54, 1.807) is 0 Å². The third kappa shape index (κ3) is 2.68. The summed E-state index contributed by atoms with van der Waals surface area (Å²) in [5.41, 5.74) is 2.75. The summed E-state index contributed by atoms with van der Waals surface area (Å²) < 4.78 is 0. The van der Waals surface area contributed by atoms with Gasteiger partial charge in [-0.25, -0.2) is 9.78 Å². The van der Waals surface area contributed by atoms with Crippen LogP contribution in [0, 0.1) is 0 Å². The highest BCUT2D eigenvalue weighted by atomic mass is 16.2. The predicted molar refractivity (Wildman–Crippen MR) is 87.2 cm³/mol. The van der Waals surface area contributed by atoms with Crippen molar-refractivity contribution in [2.75, 3.05) is 6.54 Å². The molecule has 1 aromatic carbocycles. The second kappa shape index (κ2) is 5.48. The number of aromatic nitrogens is 3. The summed E-state index contributed by atoms with van der Waals surface area (Å²) in [6.45, 7) is 2.54. The van der Waals surface area contributed by atoms with Crippen LogP contribution in [0.4, 0.5) is 0 Å². The van der Waals surface area contributed by atoms with E-state index in [9.17, 15) is 9.59 Å². The van der Waals surface area contributed by atoms with E-state index in [1.165, 1.54) is 5.56 Å². The van der Waals surface area contributed by atoms with Crippen molar-refractivity contribution in [2.24, 2.45) is 0 Å². The maximum absolute atomic E-state index is 11.9. The summed E-state index contributed by atoms with van der Waals surface area (Å²) >= 11 is 0.